The average molecular weight is 377 g/mol. The van der Waals surface area contributed by atoms with Crippen LogP contribution in [0, 0.1) is 0 Å². The van der Waals surface area contributed by atoms with Crippen LogP contribution in [0.25, 0.3) is 12.2 Å². The molecule has 0 atom stereocenters. The number of Topliss-reactive ketones (excluding diaryl/α,β-unsaturated/α-hetero) is 1. The molecule has 4 nitrogen and oxygen atoms in total. The molecule has 4 heteroatoms. The smallest absolute Gasteiger partial charge is 0.296 e. The Morgan fingerprint density at radius 3 is 2.29 bits per heavy atom. The minimum Gasteiger partial charge on any atom is -0.361 e. The van der Waals surface area contributed by atoms with Crippen molar-refractivity contribution in [2.45, 2.75) is 27.7 Å². The van der Waals surface area contributed by atoms with E-state index in [4.69, 9.17) is 0 Å². The quantitative estimate of drug-likeness (QED) is 0.414. The monoisotopic (exact) mass is 376 g/mol. The van der Waals surface area contributed by atoms with Gasteiger partial charge in [-0.15, -0.1) is 0 Å². The van der Waals surface area contributed by atoms with E-state index >= 15 is 0 Å². The largest absolute Gasteiger partial charge is 0.361 e. The minimum atomic E-state index is -0.708. The summed E-state index contributed by atoms with van der Waals surface area (Å²) in [5, 5.41) is 4.25. The molecular weight excluding hydrogens is 348 g/mol. The van der Waals surface area contributed by atoms with Gasteiger partial charge in [-0.2, -0.15) is 0 Å². The molecule has 1 rings (SSSR count). The molecule has 2 N–H and O–H groups in total. The zero-order valence-corrected chi connectivity index (χ0v) is 17.0. The Labute approximate surface area is 166 Å². The number of aromatic amines is 1. The molecule has 0 aliphatic heterocycles. The maximum atomic E-state index is 12.7. The van der Waals surface area contributed by atoms with Crippen LogP contribution in [-0.4, -0.2) is 16.7 Å². The second-order valence-corrected chi connectivity index (χ2v) is 5.76. The summed E-state index contributed by atoms with van der Waals surface area (Å²) in [5.41, 5.74) is 2.39. The summed E-state index contributed by atoms with van der Waals surface area (Å²) in [6.07, 6.45) is 17.6. The summed E-state index contributed by atoms with van der Waals surface area (Å²) >= 11 is 0. The molecule has 0 aromatic carbocycles. The second-order valence-electron chi connectivity index (χ2n) is 5.76. The maximum Gasteiger partial charge on any atom is 0.296 e. The van der Waals surface area contributed by atoms with Crippen molar-refractivity contribution < 1.29 is 9.59 Å². The number of allylic oxidation sites excluding steroid dienone is 9. The lowest BCUT2D eigenvalue weighted by Crippen LogP contribution is -2.35. The predicted molar refractivity (Wildman–Crippen MR) is 118 cm³/mol. The van der Waals surface area contributed by atoms with Gasteiger partial charge in [0, 0.05) is 28.0 Å². The fourth-order valence-electron chi connectivity index (χ4n) is 2.75. The molecule has 1 aromatic heterocycles. The van der Waals surface area contributed by atoms with E-state index < -0.39 is 11.7 Å². The van der Waals surface area contributed by atoms with Crippen molar-refractivity contribution >= 4 is 23.8 Å². The lowest BCUT2D eigenvalue weighted by molar-refractivity contribution is -0.116. The number of hydrogen-bond donors (Lipinski definition) is 2. The molecule has 0 aliphatic rings. The molecular formula is C24H28N2O2. The predicted octanol–water partition coefficient (Wildman–Crippen LogP) is 3.62. The summed E-state index contributed by atoms with van der Waals surface area (Å²) < 4.78 is 0. The van der Waals surface area contributed by atoms with Gasteiger partial charge in [0.05, 0.1) is 5.56 Å². The van der Waals surface area contributed by atoms with Gasteiger partial charge in [-0.3, -0.25) is 9.59 Å². The molecule has 0 fully saturated rings. The van der Waals surface area contributed by atoms with Gasteiger partial charge in [0.25, 0.3) is 11.7 Å². The second kappa shape index (κ2) is 11.3. The third-order valence-electron chi connectivity index (χ3n) is 4.09. The van der Waals surface area contributed by atoms with Crippen molar-refractivity contribution in [2.24, 2.45) is 0 Å². The standard InChI is InChI=1S/C24H28N2O2/c1-7-13-15-17(9-3)18(10-4)22(14-8-2)26-24(28)23(27)20-16-25-21(12-6)19(20)11-5/h7-16,25H,1,4H2,2-3,5-6H3,(H,26,28)/b14-8-,15-13-,17-9+,19-11-,21-12+,22-18-. The number of carbonyl (C=O) groups is 2. The number of ketones is 1. The van der Waals surface area contributed by atoms with Crippen LogP contribution >= 0.6 is 0 Å². The van der Waals surface area contributed by atoms with Crippen molar-refractivity contribution in [3.05, 3.63) is 94.9 Å². The van der Waals surface area contributed by atoms with Gasteiger partial charge in [0.15, 0.2) is 0 Å². The Morgan fingerprint density at radius 1 is 1.07 bits per heavy atom. The number of amides is 1. The van der Waals surface area contributed by atoms with Gasteiger partial charge in [0.1, 0.15) is 0 Å². The van der Waals surface area contributed by atoms with Crippen molar-refractivity contribution in [3.8, 4) is 0 Å². The first kappa shape index (κ1) is 22.6. The topological polar surface area (TPSA) is 62.0 Å². The van der Waals surface area contributed by atoms with E-state index in [2.05, 4.69) is 23.5 Å². The normalized spacial score (nSPS) is 14.5. The molecule has 1 aromatic rings. The third-order valence-corrected chi connectivity index (χ3v) is 4.09. The van der Waals surface area contributed by atoms with Crippen molar-refractivity contribution in [3.63, 3.8) is 0 Å². The van der Waals surface area contributed by atoms with Gasteiger partial charge in [-0.25, -0.2) is 0 Å². The van der Waals surface area contributed by atoms with Crippen LogP contribution in [0.2, 0.25) is 0 Å². The van der Waals surface area contributed by atoms with Crippen molar-refractivity contribution in [2.75, 3.05) is 0 Å². The summed E-state index contributed by atoms with van der Waals surface area (Å²) in [7, 11) is 0. The Kier molecular flexibility index (Phi) is 9.17. The van der Waals surface area contributed by atoms with E-state index in [9.17, 15) is 9.59 Å². The lowest BCUT2D eigenvalue weighted by Gasteiger charge is -2.12. The molecule has 0 radical (unpaired) electrons. The molecule has 0 bridgehead atoms. The Bertz CT molecular complexity index is 996. The average Bonchev–Trinajstić information content (AvgIpc) is 3.13. The van der Waals surface area contributed by atoms with Crippen LogP contribution in [0.3, 0.4) is 0 Å². The fourth-order valence-corrected chi connectivity index (χ4v) is 2.75. The van der Waals surface area contributed by atoms with Crippen LogP contribution in [0.1, 0.15) is 38.1 Å². The minimum absolute atomic E-state index is 0.339. The lowest BCUT2D eigenvalue weighted by atomic mass is 10.0. The van der Waals surface area contributed by atoms with Crippen molar-refractivity contribution in [1.29, 1.82) is 0 Å². The van der Waals surface area contributed by atoms with Gasteiger partial charge in [-0.1, -0.05) is 61.8 Å². The Morgan fingerprint density at radius 2 is 1.79 bits per heavy atom. The Hall–Kier alpha value is -3.40. The summed E-state index contributed by atoms with van der Waals surface area (Å²) in [5.74, 6) is -1.31. The third kappa shape index (κ3) is 5.30. The fraction of sp³-hybridized carbons (Fsp3) is 0.167. The summed E-state index contributed by atoms with van der Waals surface area (Å²) in [6, 6.07) is 0. The SMILES string of the molecule is C=C\C=C/C(=C\C)C(/C=C)=C(/C=C\C)NC(=O)C(=O)c1c[nH]c(=C/C)/c1=C\C. The molecule has 146 valence electrons. The summed E-state index contributed by atoms with van der Waals surface area (Å²) in [6.45, 7) is 14.9. The van der Waals surface area contributed by atoms with Gasteiger partial charge in [-0.05, 0) is 39.3 Å². The van der Waals surface area contributed by atoms with Crippen molar-refractivity contribution in [1.82, 2.24) is 10.3 Å². The molecule has 28 heavy (non-hydrogen) atoms. The molecule has 0 saturated carbocycles. The van der Waals surface area contributed by atoms with Gasteiger partial charge >= 0.3 is 0 Å². The first-order valence-corrected chi connectivity index (χ1v) is 9.09. The van der Waals surface area contributed by atoms with E-state index in [1.807, 2.05) is 52.0 Å². The number of aromatic nitrogens is 1. The highest BCUT2D eigenvalue weighted by Gasteiger charge is 2.20. The van der Waals surface area contributed by atoms with E-state index in [1.54, 1.807) is 36.6 Å². The number of nitrogens with one attached hydrogen (secondary N) is 2. The first-order valence-electron chi connectivity index (χ1n) is 9.09. The first-order chi connectivity index (χ1) is 13.5. The molecule has 0 unspecified atom stereocenters. The highest BCUT2D eigenvalue weighted by Crippen LogP contribution is 2.18. The van der Waals surface area contributed by atoms with Gasteiger partial charge < -0.3 is 10.3 Å². The van der Waals surface area contributed by atoms with Crippen LogP contribution in [-0.2, 0) is 4.79 Å². The molecule has 1 amide bonds. The van der Waals surface area contributed by atoms with E-state index in [-0.39, 0.29) is 0 Å². The highest BCUT2D eigenvalue weighted by atomic mass is 16.2. The Balaban J connectivity index is 3.39. The maximum absolute atomic E-state index is 12.7. The van der Waals surface area contributed by atoms with Crippen LogP contribution < -0.4 is 15.9 Å². The number of carbonyl (C=O) groups excluding carboxylic acids is 2. The van der Waals surface area contributed by atoms with Crippen LogP contribution in [0.15, 0.2) is 78.7 Å². The highest BCUT2D eigenvalue weighted by molar-refractivity contribution is 6.43. The van der Waals surface area contributed by atoms with Crippen LogP contribution in [0.4, 0.5) is 0 Å². The number of hydrogen-bond acceptors (Lipinski definition) is 2. The molecule has 1 heterocycles. The number of H-pyrrole nitrogens is 1. The van der Waals surface area contributed by atoms with E-state index in [1.165, 1.54) is 0 Å². The van der Waals surface area contributed by atoms with E-state index in [0.717, 1.165) is 10.9 Å². The molecule has 0 spiro atoms. The van der Waals surface area contributed by atoms with Gasteiger partial charge in [0.2, 0.25) is 0 Å². The van der Waals surface area contributed by atoms with E-state index in [0.29, 0.717) is 22.1 Å². The zero-order valence-electron chi connectivity index (χ0n) is 17.0. The number of rotatable bonds is 8. The summed E-state index contributed by atoms with van der Waals surface area (Å²) in [4.78, 5) is 28.4. The zero-order chi connectivity index (χ0) is 21.1. The van der Waals surface area contributed by atoms with Crippen LogP contribution in [0.5, 0.6) is 0 Å². The molecule has 0 saturated heterocycles. The molecule has 0 aliphatic carbocycles.